The summed E-state index contributed by atoms with van der Waals surface area (Å²) in [6.07, 6.45) is 3.97. The quantitative estimate of drug-likeness (QED) is 0.355. The van der Waals surface area contributed by atoms with Crippen LogP contribution in [0.15, 0.2) is 53.7 Å². The SMILES string of the molecule is COCCCn1c(SCC(=O)N[C@H]2CCCc3ccccc32)nnc1-c1ccc(Cl)cc1. The Balaban J connectivity index is 1.44. The van der Waals surface area contributed by atoms with Crippen LogP contribution in [0.5, 0.6) is 0 Å². The second-order valence-corrected chi connectivity index (χ2v) is 9.19. The fourth-order valence-electron chi connectivity index (χ4n) is 4.05. The van der Waals surface area contributed by atoms with Gasteiger partial charge in [0.15, 0.2) is 11.0 Å². The van der Waals surface area contributed by atoms with Crippen LogP contribution in [0, 0.1) is 0 Å². The highest BCUT2D eigenvalue weighted by Gasteiger charge is 2.22. The van der Waals surface area contributed by atoms with Gasteiger partial charge in [0, 0.05) is 30.8 Å². The Labute approximate surface area is 197 Å². The topological polar surface area (TPSA) is 69.0 Å². The summed E-state index contributed by atoms with van der Waals surface area (Å²) < 4.78 is 7.26. The van der Waals surface area contributed by atoms with Crippen LogP contribution in [0.3, 0.4) is 0 Å². The van der Waals surface area contributed by atoms with E-state index in [0.29, 0.717) is 23.9 Å². The van der Waals surface area contributed by atoms with Gasteiger partial charge in [-0.05, 0) is 61.1 Å². The summed E-state index contributed by atoms with van der Waals surface area (Å²) in [6, 6.07) is 16.0. The smallest absolute Gasteiger partial charge is 0.230 e. The van der Waals surface area contributed by atoms with Crippen molar-refractivity contribution in [2.75, 3.05) is 19.5 Å². The fourth-order valence-corrected chi connectivity index (χ4v) is 4.95. The average molecular weight is 471 g/mol. The van der Waals surface area contributed by atoms with E-state index in [1.807, 2.05) is 30.3 Å². The first-order valence-electron chi connectivity index (χ1n) is 10.8. The summed E-state index contributed by atoms with van der Waals surface area (Å²) in [5.41, 5.74) is 3.52. The second kappa shape index (κ2) is 11.0. The predicted octanol–water partition coefficient (Wildman–Crippen LogP) is 4.92. The number of hydrogen-bond donors (Lipinski definition) is 1. The van der Waals surface area contributed by atoms with E-state index in [1.54, 1.807) is 7.11 Å². The van der Waals surface area contributed by atoms with Crippen molar-refractivity contribution in [3.8, 4) is 11.4 Å². The van der Waals surface area contributed by atoms with E-state index in [4.69, 9.17) is 16.3 Å². The number of nitrogens with zero attached hydrogens (tertiary/aromatic N) is 3. The van der Waals surface area contributed by atoms with Gasteiger partial charge in [0.2, 0.25) is 5.91 Å². The number of benzene rings is 2. The molecule has 0 spiro atoms. The highest BCUT2D eigenvalue weighted by Crippen LogP contribution is 2.30. The van der Waals surface area contributed by atoms with E-state index >= 15 is 0 Å². The molecule has 6 nitrogen and oxygen atoms in total. The van der Waals surface area contributed by atoms with Crippen molar-refractivity contribution in [2.45, 2.75) is 43.4 Å². The number of halogens is 1. The van der Waals surface area contributed by atoms with Gasteiger partial charge >= 0.3 is 0 Å². The number of rotatable bonds is 9. The molecule has 4 rings (SSSR count). The number of amides is 1. The van der Waals surface area contributed by atoms with Crippen molar-refractivity contribution in [2.24, 2.45) is 0 Å². The van der Waals surface area contributed by atoms with Crippen molar-refractivity contribution in [3.05, 3.63) is 64.7 Å². The van der Waals surface area contributed by atoms with Gasteiger partial charge in [0.05, 0.1) is 11.8 Å². The molecule has 32 heavy (non-hydrogen) atoms. The minimum Gasteiger partial charge on any atom is -0.385 e. The largest absolute Gasteiger partial charge is 0.385 e. The number of nitrogens with one attached hydrogen (secondary N) is 1. The number of carbonyl (C=O) groups excluding carboxylic acids is 1. The van der Waals surface area contributed by atoms with Crippen molar-refractivity contribution < 1.29 is 9.53 Å². The number of thioether (sulfide) groups is 1. The number of aromatic nitrogens is 3. The number of fused-ring (bicyclic) bond motifs is 1. The first kappa shape index (κ1) is 22.8. The first-order valence-corrected chi connectivity index (χ1v) is 12.2. The molecular weight excluding hydrogens is 444 g/mol. The third-order valence-electron chi connectivity index (χ3n) is 5.59. The minimum atomic E-state index is 0.0104. The van der Waals surface area contributed by atoms with E-state index in [2.05, 4.69) is 38.3 Å². The number of aryl methyl sites for hydroxylation is 1. The summed E-state index contributed by atoms with van der Waals surface area (Å²) in [7, 11) is 1.69. The number of methoxy groups -OCH3 is 1. The molecule has 2 aromatic carbocycles. The maximum Gasteiger partial charge on any atom is 0.230 e. The van der Waals surface area contributed by atoms with Gasteiger partial charge < -0.3 is 14.6 Å². The maximum absolute atomic E-state index is 12.8. The zero-order chi connectivity index (χ0) is 22.3. The van der Waals surface area contributed by atoms with Crippen molar-refractivity contribution >= 4 is 29.3 Å². The van der Waals surface area contributed by atoms with Crippen LogP contribution >= 0.6 is 23.4 Å². The van der Waals surface area contributed by atoms with Crippen LogP contribution in [-0.2, 0) is 22.5 Å². The Bertz CT molecular complexity index is 1050. The molecule has 1 heterocycles. The Kier molecular flexibility index (Phi) is 7.84. The molecule has 1 amide bonds. The average Bonchev–Trinajstić information content (AvgIpc) is 3.21. The van der Waals surface area contributed by atoms with Gasteiger partial charge in [-0.3, -0.25) is 4.79 Å². The Morgan fingerprint density at radius 2 is 2.03 bits per heavy atom. The van der Waals surface area contributed by atoms with Gasteiger partial charge in [-0.25, -0.2) is 0 Å². The van der Waals surface area contributed by atoms with Gasteiger partial charge in [-0.2, -0.15) is 0 Å². The summed E-state index contributed by atoms with van der Waals surface area (Å²) in [5, 5.41) is 13.4. The molecule has 0 unspecified atom stereocenters. The van der Waals surface area contributed by atoms with Gasteiger partial charge in [0.25, 0.3) is 0 Å². The van der Waals surface area contributed by atoms with E-state index in [1.165, 1.54) is 22.9 Å². The standard InChI is InChI=1S/C24H27ClN4O2S/c1-31-15-5-14-29-23(18-10-12-19(25)13-11-18)27-28-24(29)32-16-22(30)26-21-9-4-7-17-6-2-3-8-20(17)21/h2-3,6,8,10-13,21H,4-5,7,9,14-16H2,1H3,(H,26,30)/t21-/m0/s1. The Morgan fingerprint density at radius 3 is 2.84 bits per heavy atom. The lowest BCUT2D eigenvalue weighted by Crippen LogP contribution is -2.32. The van der Waals surface area contributed by atoms with Crippen molar-refractivity contribution in [1.82, 2.24) is 20.1 Å². The van der Waals surface area contributed by atoms with E-state index in [9.17, 15) is 4.79 Å². The monoisotopic (exact) mass is 470 g/mol. The van der Waals surface area contributed by atoms with Crippen LogP contribution in [0.4, 0.5) is 0 Å². The zero-order valence-electron chi connectivity index (χ0n) is 18.1. The van der Waals surface area contributed by atoms with Crippen LogP contribution in [0.1, 0.15) is 36.4 Å². The van der Waals surface area contributed by atoms with Crippen LogP contribution < -0.4 is 5.32 Å². The number of hydrogen-bond acceptors (Lipinski definition) is 5. The molecule has 1 aromatic heterocycles. The first-order chi connectivity index (χ1) is 15.7. The normalized spacial score (nSPS) is 15.4. The Hall–Kier alpha value is -2.35. The molecule has 168 valence electrons. The fraction of sp³-hybridized carbons (Fsp3) is 0.375. The third kappa shape index (κ3) is 5.52. The molecule has 1 aliphatic carbocycles. The molecule has 1 aliphatic rings. The molecule has 3 aromatic rings. The molecule has 0 saturated carbocycles. The third-order valence-corrected chi connectivity index (χ3v) is 6.81. The summed E-state index contributed by atoms with van der Waals surface area (Å²) in [5.74, 6) is 1.07. The molecule has 0 bridgehead atoms. The van der Waals surface area contributed by atoms with Crippen molar-refractivity contribution in [1.29, 1.82) is 0 Å². The minimum absolute atomic E-state index is 0.0104. The lowest BCUT2D eigenvalue weighted by Gasteiger charge is -2.26. The molecule has 8 heteroatoms. The van der Waals surface area contributed by atoms with Crippen LogP contribution in [0.25, 0.3) is 11.4 Å². The lowest BCUT2D eigenvalue weighted by molar-refractivity contribution is -0.119. The predicted molar refractivity (Wildman–Crippen MR) is 128 cm³/mol. The van der Waals surface area contributed by atoms with Gasteiger partial charge in [-0.1, -0.05) is 47.6 Å². The molecule has 1 N–H and O–H groups in total. The second-order valence-electron chi connectivity index (χ2n) is 7.81. The molecule has 0 saturated heterocycles. The zero-order valence-corrected chi connectivity index (χ0v) is 19.7. The highest BCUT2D eigenvalue weighted by molar-refractivity contribution is 7.99. The number of carbonyl (C=O) groups is 1. The summed E-state index contributed by atoms with van der Waals surface area (Å²) in [6.45, 7) is 1.35. The van der Waals surface area contributed by atoms with E-state index < -0.39 is 0 Å². The van der Waals surface area contributed by atoms with Gasteiger partial charge in [-0.15, -0.1) is 10.2 Å². The Morgan fingerprint density at radius 1 is 1.22 bits per heavy atom. The molecule has 0 radical (unpaired) electrons. The van der Waals surface area contributed by atoms with Crippen LogP contribution in [0.2, 0.25) is 5.02 Å². The van der Waals surface area contributed by atoms with Gasteiger partial charge in [0.1, 0.15) is 0 Å². The molecule has 0 fully saturated rings. The molecule has 0 aliphatic heterocycles. The lowest BCUT2D eigenvalue weighted by atomic mass is 9.88. The molecular formula is C24H27ClN4O2S. The van der Waals surface area contributed by atoms with Crippen LogP contribution in [-0.4, -0.2) is 40.1 Å². The maximum atomic E-state index is 12.8. The highest BCUT2D eigenvalue weighted by atomic mass is 35.5. The van der Waals surface area contributed by atoms with E-state index in [0.717, 1.165) is 42.2 Å². The van der Waals surface area contributed by atoms with Crippen molar-refractivity contribution in [3.63, 3.8) is 0 Å². The molecule has 1 atom stereocenters. The van der Waals surface area contributed by atoms with E-state index in [-0.39, 0.29) is 11.9 Å². The summed E-state index contributed by atoms with van der Waals surface area (Å²) in [4.78, 5) is 12.8. The summed E-state index contributed by atoms with van der Waals surface area (Å²) >= 11 is 7.45. The number of ether oxygens (including phenoxy) is 1.